The fraction of sp³-hybridized carbons (Fsp3) is 0.286. The Balaban J connectivity index is 2.73. The molecule has 0 aliphatic heterocycles. The van der Waals surface area contributed by atoms with E-state index in [0.29, 0.717) is 5.56 Å². The number of carbonyl (C=O) groups excluding carboxylic acids is 2. The molecule has 0 spiro atoms. The highest BCUT2D eigenvalue weighted by Gasteiger charge is 2.19. The first-order valence-corrected chi connectivity index (χ1v) is 5.96. The maximum absolute atomic E-state index is 11.8. The Bertz CT molecular complexity index is 510. The molecule has 0 radical (unpaired) electrons. The molecular weight excluding hydrogens is 262 g/mol. The highest BCUT2D eigenvalue weighted by atomic mass is 16.5. The molecule has 0 aliphatic rings. The van der Waals surface area contributed by atoms with Crippen LogP contribution in [-0.4, -0.2) is 42.2 Å². The molecule has 0 aliphatic carbocycles. The number of ether oxygens (including phenoxy) is 1. The van der Waals surface area contributed by atoms with Crippen LogP contribution in [0.4, 0.5) is 0 Å². The Hall–Kier alpha value is -2.50. The maximum atomic E-state index is 11.8. The molecule has 1 aromatic rings. The van der Waals surface area contributed by atoms with Crippen molar-refractivity contribution in [1.29, 1.82) is 0 Å². The molecular formula is C14H15NO5. The molecule has 0 saturated carbocycles. The summed E-state index contributed by atoms with van der Waals surface area (Å²) in [6.07, 6.45) is 0.788. The zero-order valence-electron chi connectivity index (χ0n) is 11.0. The average Bonchev–Trinajstić information content (AvgIpc) is 2.47. The molecule has 1 rings (SSSR count). The topological polar surface area (TPSA) is 93.0 Å². The van der Waals surface area contributed by atoms with Gasteiger partial charge in [0.2, 0.25) is 5.78 Å². The molecule has 20 heavy (non-hydrogen) atoms. The number of carbonyl (C=O) groups is 3. The number of carboxylic acids is 1. The number of benzene rings is 1. The van der Waals surface area contributed by atoms with Crippen LogP contribution in [0.25, 0.3) is 0 Å². The molecule has 1 aromatic carbocycles. The van der Waals surface area contributed by atoms with E-state index in [2.05, 4.69) is 9.73 Å². The number of ketones is 1. The number of carboxylic acid groups (broad SMARTS) is 1. The number of hydrogen-bond donors (Lipinski definition) is 1. The summed E-state index contributed by atoms with van der Waals surface area (Å²) < 4.78 is 4.53. The van der Waals surface area contributed by atoms with Gasteiger partial charge in [0.25, 0.3) is 0 Å². The predicted molar refractivity (Wildman–Crippen MR) is 71.9 cm³/mol. The first-order chi connectivity index (χ1) is 9.54. The first kappa shape index (κ1) is 15.6. The van der Waals surface area contributed by atoms with Crippen LogP contribution >= 0.6 is 0 Å². The van der Waals surface area contributed by atoms with E-state index in [1.54, 1.807) is 30.3 Å². The van der Waals surface area contributed by atoms with E-state index in [9.17, 15) is 14.4 Å². The van der Waals surface area contributed by atoms with Gasteiger partial charge in [-0.1, -0.05) is 30.3 Å². The summed E-state index contributed by atoms with van der Waals surface area (Å²) in [7, 11) is 1.19. The summed E-state index contributed by atoms with van der Waals surface area (Å²) in [5, 5.41) is 8.60. The summed E-state index contributed by atoms with van der Waals surface area (Å²) in [6, 6.07) is 7.46. The number of Topliss-reactive ketones (excluding diaryl/α,β-unsaturated/α-hetero) is 1. The Morgan fingerprint density at radius 2 is 1.95 bits per heavy atom. The third kappa shape index (κ3) is 5.01. The Kier molecular flexibility index (Phi) is 6.09. The summed E-state index contributed by atoms with van der Waals surface area (Å²) in [5.41, 5.74) is 0.443. The second-order valence-corrected chi connectivity index (χ2v) is 3.98. The lowest BCUT2D eigenvalue weighted by atomic mass is 10.1. The van der Waals surface area contributed by atoms with Crippen LogP contribution in [0.1, 0.15) is 23.2 Å². The quantitative estimate of drug-likeness (QED) is 0.461. The van der Waals surface area contributed by atoms with Gasteiger partial charge in [0.1, 0.15) is 6.04 Å². The second kappa shape index (κ2) is 7.83. The van der Waals surface area contributed by atoms with Gasteiger partial charge in [-0.05, 0) is 6.42 Å². The van der Waals surface area contributed by atoms with Crippen molar-refractivity contribution in [3.8, 4) is 0 Å². The van der Waals surface area contributed by atoms with Gasteiger partial charge in [0.05, 0.1) is 13.3 Å². The van der Waals surface area contributed by atoms with Crippen molar-refractivity contribution in [2.45, 2.75) is 18.9 Å². The van der Waals surface area contributed by atoms with Gasteiger partial charge in [-0.3, -0.25) is 14.6 Å². The summed E-state index contributed by atoms with van der Waals surface area (Å²) in [5.74, 6) is -2.05. The van der Waals surface area contributed by atoms with Crippen LogP contribution in [-0.2, 0) is 14.3 Å². The van der Waals surface area contributed by atoms with Crippen LogP contribution in [0.2, 0.25) is 0 Å². The number of aliphatic carboxylic acids is 1. The SMILES string of the molecule is COC(=O)[C@H](CCC(=O)O)N=CC(=O)c1ccccc1. The molecule has 0 fully saturated rings. The lowest BCUT2D eigenvalue weighted by molar-refractivity contribution is -0.142. The molecule has 106 valence electrons. The maximum Gasteiger partial charge on any atom is 0.330 e. The van der Waals surface area contributed by atoms with Gasteiger partial charge >= 0.3 is 11.9 Å². The minimum atomic E-state index is -1.04. The average molecular weight is 277 g/mol. The third-order valence-electron chi connectivity index (χ3n) is 2.53. The van der Waals surface area contributed by atoms with E-state index in [-0.39, 0.29) is 18.6 Å². The molecule has 0 heterocycles. The van der Waals surface area contributed by atoms with Crippen molar-refractivity contribution in [3.05, 3.63) is 35.9 Å². The van der Waals surface area contributed by atoms with E-state index >= 15 is 0 Å². The minimum Gasteiger partial charge on any atom is -0.481 e. The van der Waals surface area contributed by atoms with Gasteiger partial charge < -0.3 is 9.84 Å². The van der Waals surface area contributed by atoms with E-state index in [4.69, 9.17) is 5.11 Å². The third-order valence-corrected chi connectivity index (χ3v) is 2.53. The van der Waals surface area contributed by atoms with Gasteiger partial charge in [-0.2, -0.15) is 0 Å². The fourth-order valence-electron chi connectivity index (χ4n) is 1.48. The lowest BCUT2D eigenvalue weighted by Crippen LogP contribution is -2.22. The monoisotopic (exact) mass is 277 g/mol. The molecule has 0 bridgehead atoms. The fourth-order valence-corrected chi connectivity index (χ4v) is 1.48. The minimum absolute atomic E-state index is 0.0133. The van der Waals surface area contributed by atoms with Crippen molar-refractivity contribution in [3.63, 3.8) is 0 Å². The molecule has 0 unspecified atom stereocenters. The van der Waals surface area contributed by atoms with Gasteiger partial charge in [0, 0.05) is 12.0 Å². The Labute approximate surface area is 116 Å². The van der Waals surface area contributed by atoms with Crippen molar-refractivity contribution >= 4 is 23.9 Å². The molecule has 0 amide bonds. The Morgan fingerprint density at radius 3 is 2.50 bits per heavy atom. The van der Waals surface area contributed by atoms with E-state index < -0.39 is 18.0 Å². The van der Waals surface area contributed by atoms with E-state index in [1.807, 2.05) is 0 Å². The number of rotatable bonds is 7. The lowest BCUT2D eigenvalue weighted by Gasteiger charge is -2.08. The number of nitrogens with zero attached hydrogens (tertiary/aromatic N) is 1. The zero-order valence-corrected chi connectivity index (χ0v) is 11.0. The number of methoxy groups -OCH3 is 1. The van der Waals surface area contributed by atoms with E-state index in [1.165, 1.54) is 7.11 Å². The smallest absolute Gasteiger partial charge is 0.330 e. The number of esters is 1. The highest BCUT2D eigenvalue weighted by molar-refractivity contribution is 6.35. The van der Waals surface area contributed by atoms with Crippen LogP contribution in [0.15, 0.2) is 35.3 Å². The van der Waals surface area contributed by atoms with Crippen LogP contribution < -0.4 is 0 Å². The van der Waals surface area contributed by atoms with Crippen LogP contribution in [0, 0.1) is 0 Å². The van der Waals surface area contributed by atoms with Gasteiger partial charge in [-0.25, -0.2) is 4.79 Å². The number of aliphatic imine (C=N–C) groups is 1. The van der Waals surface area contributed by atoms with Crippen molar-refractivity contribution < 1.29 is 24.2 Å². The summed E-state index contributed by atoms with van der Waals surface area (Å²) in [6.45, 7) is 0. The largest absolute Gasteiger partial charge is 0.481 e. The normalized spacial score (nSPS) is 12.1. The van der Waals surface area contributed by atoms with Crippen molar-refractivity contribution in [1.82, 2.24) is 0 Å². The second-order valence-electron chi connectivity index (χ2n) is 3.98. The van der Waals surface area contributed by atoms with Crippen molar-refractivity contribution in [2.75, 3.05) is 7.11 Å². The number of hydrogen-bond acceptors (Lipinski definition) is 5. The summed E-state index contributed by atoms with van der Waals surface area (Å²) >= 11 is 0. The Morgan fingerprint density at radius 1 is 1.30 bits per heavy atom. The first-order valence-electron chi connectivity index (χ1n) is 5.96. The molecule has 0 aromatic heterocycles. The molecule has 1 N–H and O–H groups in total. The van der Waals surface area contributed by atoms with Gasteiger partial charge in [0.15, 0.2) is 0 Å². The zero-order chi connectivity index (χ0) is 15.0. The van der Waals surface area contributed by atoms with Crippen LogP contribution in [0.5, 0.6) is 0 Å². The van der Waals surface area contributed by atoms with Crippen molar-refractivity contribution in [2.24, 2.45) is 4.99 Å². The standard InChI is InChI=1S/C14H15NO5/c1-20-14(19)11(7-8-13(17)18)15-9-12(16)10-5-3-2-4-6-10/h2-6,9,11H,7-8H2,1H3,(H,17,18)/t11-/m0/s1. The molecule has 6 nitrogen and oxygen atoms in total. The molecule has 1 atom stereocenters. The van der Waals surface area contributed by atoms with E-state index in [0.717, 1.165) is 6.21 Å². The summed E-state index contributed by atoms with van der Waals surface area (Å²) in [4.78, 5) is 37.5. The molecule has 6 heteroatoms. The van der Waals surface area contributed by atoms with Gasteiger partial charge in [-0.15, -0.1) is 0 Å². The highest BCUT2D eigenvalue weighted by Crippen LogP contribution is 2.05. The predicted octanol–water partition coefficient (Wildman–Crippen LogP) is 1.35. The molecule has 0 saturated heterocycles. The van der Waals surface area contributed by atoms with Crippen LogP contribution in [0.3, 0.4) is 0 Å².